The second kappa shape index (κ2) is 9.57. The first-order chi connectivity index (χ1) is 13.9. The summed E-state index contributed by atoms with van der Waals surface area (Å²) >= 11 is 12.2. The molecule has 0 bridgehead atoms. The van der Waals surface area contributed by atoms with Gasteiger partial charge in [-0.15, -0.1) is 0 Å². The van der Waals surface area contributed by atoms with Crippen molar-refractivity contribution >= 4 is 40.7 Å². The lowest BCUT2D eigenvalue weighted by Crippen LogP contribution is -2.44. The molecule has 0 aromatic heterocycles. The first-order valence-electron chi connectivity index (χ1n) is 9.42. The van der Waals surface area contributed by atoms with Crippen LogP contribution in [0.5, 0.6) is 0 Å². The largest absolute Gasteiger partial charge is 0.352 e. The van der Waals surface area contributed by atoms with Gasteiger partial charge in [0.15, 0.2) is 0 Å². The highest BCUT2D eigenvalue weighted by Crippen LogP contribution is 2.30. The average Bonchev–Trinajstić information content (AvgIpc) is 3.49. The maximum absolute atomic E-state index is 13.4. The van der Waals surface area contributed by atoms with Gasteiger partial charge in [-0.3, -0.25) is 14.5 Å². The normalized spacial score (nSPS) is 14.5. The summed E-state index contributed by atoms with van der Waals surface area (Å²) in [6.45, 7) is 2.23. The molecule has 1 fully saturated rings. The Labute approximate surface area is 179 Å². The van der Waals surface area contributed by atoms with Gasteiger partial charge in [-0.25, -0.2) is 4.39 Å². The molecule has 1 atom stereocenters. The molecule has 2 N–H and O–H groups in total. The zero-order chi connectivity index (χ0) is 21.0. The maximum Gasteiger partial charge on any atom is 0.242 e. The summed E-state index contributed by atoms with van der Waals surface area (Å²) in [7, 11) is 0. The molecule has 1 aliphatic carbocycles. The number of carbonyl (C=O) groups is 2. The number of hydrogen-bond donors (Lipinski definition) is 2. The van der Waals surface area contributed by atoms with Crippen LogP contribution in [-0.2, 0) is 9.59 Å². The van der Waals surface area contributed by atoms with Crippen LogP contribution in [0.3, 0.4) is 0 Å². The number of nitrogens with zero attached hydrogens (tertiary/aromatic N) is 1. The minimum atomic E-state index is -0.714. The minimum absolute atomic E-state index is 0.0574. The van der Waals surface area contributed by atoms with Crippen molar-refractivity contribution in [3.63, 3.8) is 0 Å². The molecule has 0 heterocycles. The van der Waals surface area contributed by atoms with Crippen LogP contribution < -0.4 is 10.6 Å². The van der Waals surface area contributed by atoms with Crippen molar-refractivity contribution in [2.75, 3.05) is 18.4 Å². The lowest BCUT2D eigenvalue weighted by molar-refractivity contribution is -0.128. The fourth-order valence-corrected chi connectivity index (χ4v) is 3.54. The molecule has 2 aromatic carbocycles. The smallest absolute Gasteiger partial charge is 0.242 e. The number of amides is 2. The number of nitrogens with one attached hydrogen (secondary N) is 2. The molecule has 5 nitrogen and oxygen atoms in total. The Morgan fingerprint density at radius 3 is 2.31 bits per heavy atom. The lowest BCUT2D eigenvalue weighted by atomic mass is 10.0. The number of likely N-dealkylation sites (N-methyl/N-ethyl adjacent to an activating group) is 1. The fraction of sp³-hybridized carbons (Fsp3) is 0.333. The first kappa shape index (κ1) is 21.6. The third-order valence-corrected chi connectivity index (χ3v) is 5.33. The second-order valence-corrected chi connectivity index (χ2v) is 7.76. The van der Waals surface area contributed by atoms with E-state index in [-0.39, 0.29) is 30.2 Å². The number of anilines is 1. The van der Waals surface area contributed by atoms with Crippen molar-refractivity contribution in [2.24, 2.45) is 0 Å². The number of hydrogen-bond acceptors (Lipinski definition) is 3. The highest BCUT2D eigenvalue weighted by Gasteiger charge is 2.32. The number of halogens is 3. The molecule has 8 heteroatoms. The molecular formula is C21H22Cl2FN3O2. The lowest BCUT2D eigenvalue weighted by Gasteiger charge is -2.29. The Hall–Kier alpha value is -2.15. The Morgan fingerprint density at radius 1 is 1.14 bits per heavy atom. The van der Waals surface area contributed by atoms with Gasteiger partial charge >= 0.3 is 0 Å². The molecule has 0 saturated heterocycles. The predicted molar refractivity (Wildman–Crippen MR) is 113 cm³/mol. The van der Waals surface area contributed by atoms with Gasteiger partial charge in [0.1, 0.15) is 11.9 Å². The van der Waals surface area contributed by atoms with Crippen molar-refractivity contribution in [1.29, 1.82) is 0 Å². The molecule has 1 saturated carbocycles. The van der Waals surface area contributed by atoms with Gasteiger partial charge in [0.05, 0.1) is 22.3 Å². The highest BCUT2D eigenvalue weighted by molar-refractivity contribution is 6.39. The molecule has 1 unspecified atom stereocenters. The molecule has 0 aliphatic heterocycles. The molecule has 154 valence electrons. The van der Waals surface area contributed by atoms with Gasteiger partial charge in [0.25, 0.3) is 0 Å². The first-order valence-corrected chi connectivity index (χ1v) is 10.2. The summed E-state index contributed by atoms with van der Waals surface area (Å²) in [6.07, 6.45) is 1.89. The van der Waals surface area contributed by atoms with Crippen molar-refractivity contribution in [1.82, 2.24) is 10.2 Å². The number of carbonyl (C=O) groups excluding carboxylic acids is 2. The van der Waals surface area contributed by atoms with E-state index in [0.29, 0.717) is 27.8 Å². The van der Waals surface area contributed by atoms with E-state index in [9.17, 15) is 14.0 Å². The Balaban J connectivity index is 1.79. The summed E-state index contributed by atoms with van der Waals surface area (Å²) in [6, 6.07) is 10.2. The number of para-hydroxylation sites is 1. The summed E-state index contributed by atoms with van der Waals surface area (Å²) < 4.78 is 13.4. The third kappa shape index (κ3) is 5.69. The summed E-state index contributed by atoms with van der Waals surface area (Å²) in [5, 5.41) is 6.35. The van der Waals surface area contributed by atoms with Crippen molar-refractivity contribution < 1.29 is 14.0 Å². The second-order valence-electron chi connectivity index (χ2n) is 6.94. The Bertz CT molecular complexity index is 868. The number of benzene rings is 2. The van der Waals surface area contributed by atoms with Crippen LogP contribution in [0.4, 0.5) is 10.1 Å². The zero-order valence-electron chi connectivity index (χ0n) is 15.9. The summed E-state index contributed by atoms with van der Waals surface area (Å²) in [5.41, 5.74) is 0.952. The van der Waals surface area contributed by atoms with E-state index in [1.807, 2.05) is 6.92 Å². The van der Waals surface area contributed by atoms with Crippen LogP contribution in [0.1, 0.15) is 31.4 Å². The van der Waals surface area contributed by atoms with Gasteiger partial charge in [0, 0.05) is 6.04 Å². The van der Waals surface area contributed by atoms with Crippen LogP contribution in [-0.4, -0.2) is 35.8 Å². The molecule has 1 aliphatic rings. The van der Waals surface area contributed by atoms with E-state index in [1.165, 1.54) is 12.1 Å². The van der Waals surface area contributed by atoms with Crippen molar-refractivity contribution in [2.45, 2.75) is 31.8 Å². The van der Waals surface area contributed by atoms with Crippen molar-refractivity contribution in [3.05, 3.63) is 63.9 Å². The SMILES string of the molecule is CCN(CC(=O)Nc1c(Cl)cccc1Cl)C(C(=O)NC1CC1)c1ccc(F)cc1. The van der Waals surface area contributed by atoms with E-state index >= 15 is 0 Å². The molecule has 0 radical (unpaired) electrons. The average molecular weight is 438 g/mol. The fourth-order valence-electron chi connectivity index (χ4n) is 3.05. The van der Waals surface area contributed by atoms with Crippen LogP contribution >= 0.6 is 23.2 Å². The third-order valence-electron chi connectivity index (χ3n) is 4.70. The molecular weight excluding hydrogens is 416 g/mol. The van der Waals surface area contributed by atoms with E-state index in [0.717, 1.165) is 12.8 Å². The van der Waals surface area contributed by atoms with Gasteiger partial charge in [-0.1, -0.05) is 48.3 Å². The molecule has 3 rings (SSSR count). The standard InChI is InChI=1S/C21H22Cl2FN3O2/c1-2-27(12-18(28)26-19-16(22)4-3-5-17(19)23)20(21(29)25-15-10-11-15)13-6-8-14(24)9-7-13/h3-9,15,20H,2,10-12H2,1H3,(H,25,29)(H,26,28). The predicted octanol–water partition coefficient (Wildman–Crippen LogP) is 4.41. The molecule has 29 heavy (non-hydrogen) atoms. The van der Waals surface area contributed by atoms with E-state index < -0.39 is 6.04 Å². The topological polar surface area (TPSA) is 61.4 Å². The minimum Gasteiger partial charge on any atom is -0.352 e. The summed E-state index contributed by atoms with van der Waals surface area (Å²) in [5.74, 6) is -0.943. The van der Waals surface area contributed by atoms with Crippen LogP contribution in [0.2, 0.25) is 10.0 Å². The molecule has 2 aromatic rings. The van der Waals surface area contributed by atoms with E-state index in [2.05, 4.69) is 10.6 Å². The quantitative estimate of drug-likeness (QED) is 0.642. The van der Waals surface area contributed by atoms with Crippen LogP contribution in [0.25, 0.3) is 0 Å². The Kier molecular flexibility index (Phi) is 7.11. The Morgan fingerprint density at radius 2 is 1.76 bits per heavy atom. The van der Waals surface area contributed by atoms with Gasteiger partial charge < -0.3 is 10.6 Å². The zero-order valence-corrected chi connectivity index (χ0v) is 17.4. The van der Waals surface area contributed by atoms with Crippen molar-refractivity contribution in [3.8, 4) is 0 Å². The van der Waals surface area contributed by atoms with E-state index in [4.69, 9.17) is 23.2 Å². The maximum atomic E-state index is 13.4. The van der Waals surface area contributed by atoms with Gasteiger partial charge in [-0.2, -0.15) is 0 Å². The van der Waals surface area contributed by atoms with Crippen LogP contribution in [0, 0.1) is 5.82 Å². The van der Waals surface area contributed by atoms with E-state index in [1.54, 1.807) is 35.2 Å². The molecule has 0 spiro atoms. The molecule has 2 amide bonds. The monoisotopic (exact) mass is 437 g/mol. The van der Waals surface area contributed by atoms with Crippen LogP contribution in [0.15, 0.2) is 42.5 Å². The van der Waals surface area contributed by atoms with Gasteiger partial charge in [-0.05, 0) is 49.2 Å². The van der Waals surface area contributed by atoms with Gasteiger partial charge in [0.2, 0.25) is 11.8 Å². The highest BCUT2D eigenvalue weighted by atomic mass is 35.5. The number of rotatable bonds is 8. The summed E-state index contributed by atoms with van der Waals surface area (Å²) in [4.78, 5) is 27.3.